The Hall–Kier alpha value is -0.440. The summed E-state index contributed by atoms with van der Waals surface area (Å²) in [6, 6.07) is 0. The first kappa shape index (κ1) is 11.6. The molecule has 0 saturated carbocycles. The molecular weight excluding hydrogens is 172 g/mol. The van der Waals surface area contributed by atoms with Crippen LogP contribution in [0.15, 0.2) is 11.0 Å². The second-order valence-electron chi connectivity index (χ2n) is 3.53. The Bertz CT molecular complexity index is 189. The maximum Gasteiger partial charge on any atom is 0.331 e. The molecule has 0 spiro atoms. The van der Waals surface area contributed by atoms with Gasteiger partial charge in [0.25, 0.3) is 0 Å². The van der Waals surface area contributed by atoms with Crippen LogP contribution >= 0.6 is 12.6 Å². The molecule has 2 nitrogen and oxygen atoms in total. The highest BCUT2D eigenvalue weighted by Crippen LogP contribution is 2.27. The van der Waals surface area contributed by atoms with E-state index in [1.165, 1.54) is 6.08 Å². The summed E-state index contributed by atoms with van der Waals surface area (Å²) in [5.41, 5.74) is -0.0874. The monoisotopic (exact) mass is 188 g/mol. The predicted molar refractivity (Wildman–Crippen MR) is 53.2 cm³/mol. The van der Waals surface area contributed by atoms with E-state index in [0.29, 0.717) is 6.61 Å². The zero-order valence-corrected chi connectivity index (χ0v) is 8.94. The smallest absolute Gasteiger partial charge is 0.331 e. The van der Waals surface area contributed by atoms with E-state index in [0.717, 1.165) is 4.91 Å². The predicted octanol–water partition coefficient (Wildman–Crippen LogP) is 2.41. The average molecular weight is 188 g/mol. The zero-order chi connectivity index (χ0) is 9.78. The number of hydrogen-bond donors (Lipinski definition) is 1. The quantitative estimate of drug-likeness (QED) is 0.409. The zero-order valence-electron chi connectivity index (χ0n) is 8.05. The second kappa shape index (κ2) is 4.55. The van der Waals surface area contributed by atoms with Crippen molar-refractivity contribution in [2.75, 3.05) is 6.61 Å². The summed E-state index contributed by atoms with van der Waals surface area (Å²) >= 11 is 4.20. The molecule has 0 aliphatic carbocycles. The number of thiol groups is 1. The Kier molecular flexibility index (Phi) is 4.39. The Morgan fingerprint density at radius 2 is 2.00 bits per heavy atom. The van der Waals surface area contributed by atoms with E-state index in [1.54, 1.807) is 6.92 Å². The first-order valence-corrected chi connectivity index (χ1v) is 4.40. The minimum atomic E-state index is -0.322. The third kappa shape index (κ3) is 4.44. The summed E-state index contributed by atoms with van der Waals surface area (Å²) < 4.78 is 4.74. The summed E-state index contributed by atoms with van der Waals surface area (Å²) in [5, 5.41) is 0. The Morgan fingerprint density at radius 3 is 2.33 bits per heavy atom. The first-order chi connectivity index (χ1) is 5.38. The van der Waals surface area contributed by atoms with Crippen molar-refractivity contribution in [3.05, 3.63) is 11.0 Å². The number of allylic oxidation sites excluding steroid dienone is 1. The normalized spacial score (nSPS) is 12.9. The number of esters is 1. The minimum Gasteiger partial charge on any atom is -0.463 e. The highest BCUT2D eigenvalue weighted by atomic mass is 32.1. The van der Waals surface area contributed by atoms with Crippen molar-refractivity contribution in [1.82, 2.24) is 0 Å². The molecule has 0 atom stereocenters. The number of carbonyl (C=O) groups excluding carboxylic acids is 1. The first-order valence-electron chi connectivity index (χ1n) is 3.95. The molecule has 0 rings (SSSR count). The summed E-state index contributed by atoms with van der Waals surface area (Å²) in [6.45, 7) is 8.16. The van der Waals surface area contributed by atoms with Crippen LogP contribution in [0, 0.1) is 5.41 Å². The lowest BCUT2D eigenvalue weighted by Crippen LogP contribution is -2.08. The highest BCUT2D eigenvalue weighted by Gasteiger charge is 2.14. The van der Waals surface area contributed by atoms with Crippen LogP contribution in [0.2, 0.25) is 0 Å². The van der Waals surface area contributed by atoms with Crippen LogP contribution < -0.4 is 0 Å². The molecule has 0 saturated heterocycles. The molecule has 0 aromatic heterocycles. The van der Waals surface area contributed by atoms with Gasteiger partial charge in [-0.2, -0.15) is 0 Å². The van der Waals surface area contributed by atoms with Gasteiger partial charge in [-0.1, -0.05) is 20.8 Å². The molecule has 0 aliphatic heterocycles. The molecule has 12 heavy (non-hydrogen) atoms. The van der Waals surface area contributed by atoms with Gasteiger partial charge in [0, 0.05) is 6.08 Å². The topological polar surface area (TPSA) is 26.3 Å². The van der Waals surface area contributed by atoms with E-state index in [2.05, 4.69) is 12.6 Å². The number of hydrogen-bond acceptors (Lipinski definition) is 3. The van der Waals surface area contributed by atoms with Crippen LogP contribution in [0.4, 0.5) is 0 Å². The van der Waals surface area contributed by atoms with E-state index >= 15 is 0 Å². The van der Waals surface area contributed by atoms with E-state index in [4.69, 9.17) is 4.74 Å². The van der Waals surface area contributed by atoms with Crippen LogP contribution in [-0.4, -0.2) is 12.6 Å². The van der Waals surface area contributed by atoms with Crippen LogP contribution in [0.5, 0.6) is 0 Å². The molecule has 70 valence electrons. The van der Waals surface area contributed by atoms with Gasteiger partial charge in [0.2, 0.25) is 0 Å². The minimum absolute atomic E-state index is 0.0874. The lowest BCUT2D eigenvalue weighted by molar-refractivity contribution is -0.137. The molecule has 0 aromatic rings. The molecule has 0 aromatic carbocycles. The molecule has 0 aliphatic rings. The van der Waals surface area contributed by atoms with Crippen molar-refractivity contribution in [1.29, 1.82) is 0 Å². The van der Waals surface area contributed by atoms with E-state index < -0.39 is 0 Å². The summed E-state index contributed by atoms with van der Waals surface area (Å²) in [7, 11) is 0. The molecular formula is C9H16O2S. The number of rotatable bonds is 2. The fourth-order valence-corrected chi connectivity index (χ4v) is 0.617. The standard InChI is InChI=1S/C9H16O2S/c1-5-11-8(10)6-7(12)9(2,3)4/h6,12H,5H2,1-4H3. The van der Waals surface area contributed by atoms with Gasteiger partial charge >= 0.3 is 5.97 Å². The molecule has 0 fully saturated rings. The molecule has 0 N–H and O–H groups in total. The summed E-state index contributed by atoms with van der Waals surface area (Å²) in [4.78, 5) is 11.7. The Balaban J connectivity index is 4.26. The molecule has 0 radical (unpaired) electrons. The van der Waals surface area contributed by atoms with Crippen LogP contribution in [0.1, 0.15) is 27.7 Å². The van der Waals surface area contributed by atoms with Gasteiger partial charge in [0.15, 0.2) is 0 Å². The lowest BCUT2D eigenvalue weighted by atomic mass is 9.96. The van der Waals surface area contributed by atoms with E-state index in [9.17, 15) is 4.79 Å². The van der Waals surface area contributed by atoms with Gasteiger partial charge in [-0.25, -0.2) is 4.79 Å². The van der Waals surface area contributed by atoms with E-state index in [1.807, 2.05) is 20.8 Å². The van der Waals surface area contributed by atoms with Gasteiger partial charge in [-0.3, -0.25) is 0 Å². The summed E-state index contributed by atoms with van der Waals surface area (Å²) in [6.07, 6.45) is 1.42. The number of ether oxygens (including phenoxy) is 1. The Morgan fingerprint density at radius 1 is 1.50 bits per heavy atom. The van der Waals surface area contributed by atoms with Gasteiger partial charge in [0.1, 0.15) is 0 Å². The second-order valence-corrected chi connectivity index (χ2v) is 4.01. The molecule has 3 heteroatoms. The van der Waals surface area contributed by atoms with Gasteiger partial charge in [-0.15, -0.1) is 12.6 Å². The molecule has 0 bridgehead atoms. The molecule has 0 unspecified atom stereocenters. The lowest BCUT2D eigenvalue weighted by Gasteiger charge is -2.17. The van der Waals surface area contributed by atoms with Crippen molar-refractivity contribution >= 4 is 18.6 Å². The maximum atomic E-state index is 11.0. The van der Waals surface area contributed by atoms with Crippen molar-refractivity contribution < 1.29 is 9.53 Å². The third-order valence-electron chi connectivity index (χ3n) is 1.31. The van der Waals surface area contributed by atoms with Gasteiger partial charge in [0.05, 0.1) is 6.61 Å². The highest BCUT2D eigenvalue weighted by molar-refractivity contribution is 7.84. The largest absolute Gasteiger partial charge is 0.463 e. The van der Waals surface area contributed by atoms with Crippen molar-refractivity contribution in [3.63, 3.8) is 0 Å². The molecule has 0 amide bonds. The summed E-state index contributed by atoms with van der Waals surface area (Å²) in [5.74, 6) is -0.322. The fourth-order valence-electron chi connectivity index (χ4n) is 0.512. The van der Waals surface area contributed by atoms with Gasteiger partial charge in [-0.05, 0) is 17.2 Å². The SMILES string of the molecule is CCOC(=O)C=C(S)C(C)(C)C. The molecule has 0 heterocycles. The maximum absolute atomic E-state index is 11.0. The van der Waals surface area contributed by atoms with Crippen molar-refractivity contribution in [2.45, 2.75) is 27.7 Å². The van der Waals surface area contributed by atoms with Crippen molar-refractivity contribution in [2.24, 2.45) is 5.41 Å². The van der Waals surface area contributed by atoms with Crippen LogP contribution in [0.3, 0.4) is 0 Å². The Labute approximate surface area is 79.4 Å². The van der Waals surface area contributed by atoms with Gasteiger partial charge < -0.3 is 4.74 Å². The fraction of sp³-hybridized carbons (Fsp3) is 0.667. The third-order valence-corrected chi connectivity index (χ3v) is 2.11. The average Bonchev–Trinajstić information content (AvgIpc) is 1.85. The number of carbonyl (C=O) groups is 1. The van der Waals surface area contributed by atoms with Crippen LogP contribution in [0.25, 0.3) is 0 Å². The van der Waals surface area contributed by atoms with E-state index in [-0.39, 0.29) is 11.4 Å². The van der Waals surface area contributed by atoms with Crippen LogP contribution in [-0.2, 0) is 9.53 Å². The van der Waals surface area contributed by atoms with Crippen molar-refractivity contribution in [3.8, 4) is 0 Å².